The van der Waals surface area contributed by atoms with Crippen LogP contribution < -0.4 is 5.32 Å². The van der Waals surface area contributed by atoms with Crippen LogP contribution in [0, 0.1) is 11.8 Å². The summed E-state index contributed by atoms with van der Waals surface area (Å²) in [6, 6.07) is 0. The highest BCUT2D eigenvalue weighted by molar-refractivity contribution is 4.92. The highest BCUT2D eigenvalue weighted by atomic mass is 15.2. The molecule has 2 atom stereocenters. The standard InChI is InChI=1S/C13H26N2/c1-4-14-13(2,3)10-15-8-11-6-5-7-12(11)9-15/h11-12,14H,4-10H2,1-3H3. The lowest BCUT2D eigenvalue weighted by molar-refractivity contribution is 0.225. The van der Waals surface area contributed by atoms with Crippen LogP contribution >= 0.6 is 0 Å². The highest BCUT2D eigenvalue weighted by Gasteiger charge is 2.37. The lowest BCUT2D eigenvalue weighted by atomic mass is 10.0. The van der Waals surface area contributed by atoms with E-state index in [2.05, 4.69) is 31.0 Å². The first kappa shape index (κ1) is 11.4. The Balaban J connectivity index is 1.81. The van der Waals surface area contributed by atoms with Crippen LogP contribution in [-0.4, -0.2) is 36.6 Å². The maximum atomic E-state index is 3.57. The summed E-state index contributed by atoms with van der Waals surface area (Å²) in [6.45, 7) is 11.9. The van der Waals surface area contributed by atoms with E-state index in [0.29, 0.717) is 0 Å². The molecule has 0 bridgehead atoms. The molecule has 0 amide bonds. The number of likely N-dealkylation sites (N-methyl/N-ethyl adjacent to an activating group) is 1. The van der Waals surface area contributed by atoms with E-state index in [0.717, 1.165) is 18.4 Å². The summed E-state index contributed by atoms with van der Waals surface area (Å²) in [4.78, 5) is 2.68. The molecule has 0 spiro atoms. The summed E-state index contributed by atoms with van der Waals surface area (Å²) in [5, 5.41) is 3.57. The Morgan fingerprint density at radius 1 is 1.20 bits per heavy atom. The third kappa shape index (κ3) is 2.73. The molecular weight excluding hydrogens is 184 g/mol. The molecule has 1 N–H and O–H groups in total. The quantitative estimate of drug-likeness (QED) is 0.764. The van der Waals surface area contributed by atoms with Crippen LogP contribution in [0.2, 0.25) is 0 Å². The van der Waals surface area contributed by atoms with E-state index in [-0.39, 0.29) is 5.54 Å². The van der Waals surface area contributed by atoms with E-state index in [1.54, 1.807) is 0 Å². The molecule has 0 aromatic heterocycles. The van der Waals surface area contributed by atoms with E-state index < -0.39 is 0 Å². The molecule has 1 saturated heterocycles. The first-order chi connectivity index (χ1) is 7.11. The van der Waals surface area contributed by atoms with Gasteiger partial charge in [-0.25, -0.2) is 0 Å². The van der Waals surface area contributed by atoms with Gasteiger partial charge in [-0.2, -0.15) is 0 Å². The fraction of sp³-hybridized carbons (Fsp3) is 1.00. The summed E-state index contributed by atoms with van der Waals surface area (Å²) in [7, 11) is 0. The van der Waals surface area contributed by atoms with Gasteiger partial charge in [-0.3, -0.25) is 0 Å². The SMILES string of the molecule is CCNC(C)(C)CN1CC2CCCC2C1. The van der Waals surface area contributed by atoms with Crippen LogP contribution in [0.3, 0.4) is 0 Å². The average molecular weight is 210 g/mol. The second kappa shape index (κ2) is 4.42. The Kier molecular flexibility index (Phi) is 3.36. The van der Waals surface area contributed by atoms with Crippen molar-refractivity contribution in [3.05, 3.63) is 0 Å². The Bertz CT molecular complexity index is 201. The monoisotopic (exact) mass is 210 g/mol. The Labute approximate surface area is 94.4 Å². The summed E-state index contributed by atoms with van der Waals surface area (Å²) in [5.41, 5.74) is 0.285. The van der Waals surface area contributed by atoms with Gasteiger partial charge in [0, 0.05) is 25.2 Å². The van der Waals surface area contributed by atoms with Crippen LogP contribution in [0.1, 0.15) is 40.0 Å². The van der Waals surface area contributed by atoms with Gasteiger partial charge >= 0.3 is 0 Å². The van der Waals surface area contributed by atoms with E-state index in [9.17, 15) is 0 Å². The first-order valence-electron chi connectivity index (χ1n) is 6.58. The van der Waals surface area contributed by atoms with Gasteiger partial charge in [0.25, 0.3) is 0 Å². The predicted octanol–water partition coefficient (Wildman–Crippen LogP) is 2.11. The van der Waals surface area contributed by atoms with Gasteiger partial charge in [-0.15, -0.1) is 0 Å². The van der Waals surface area contributed by atoms with Gasteiger partial charge in [0.1, 0.15) is 0 Å². The summed E-state index contributed by atoms with van der Waals surface area (Å²) in [6.07, 6.45) is 4.46. The molecule has 88 valence electrons. The Hall–Kier alpha value is -0.0800. The molecule has 2 rings (SSSR count). The van der Waals surface area contributed by atoms with Gasteiger partial charge < -0.3 is 10.2 Å². The van der Waals surface area contributed by atoms with E-state index in [1.165, 1.54) is 38.9 Å². The predicted molar refractivity (Wildman–Crippen MR) is 65.0 cm³/mol. The van der Waals surface area contributed by atoms with Gasteiger partial charge in [-0.1, -0.05) is 13.3 Å². The van der Waals surface area contributed by atoms with Crippen molar-refractivity contribution in [2.45, 2.75) is 45.6 Å². The molecule has 1 aliphatic heterocycles. The summed E-state index contributed by atoms with van der Waals surface area (Å²) < 4.78 is 0. The Morgan fingerprint density at radius 2 is 1.80 bits per heavy atom. The molecular formula is C13H26N2. The zero-order chi connectivity index (χ0) is 10.9. The third-order valence-corrected chi connectivity index (χ3v) is 4.08. The molecule has 2 heteroatoms. The van der Waals surface area contributed by atoms with Crippen molar-refractivity contribution in [2.75, 3.05) is 26.2 Å². The fourth-order valence-electron chi connectivity index (χ4n) is 3.55. The summed E-state index contributed by atoms with van der Waals surface area (Å²) >= 11 is 0. The van der Waals surface area contributed by atoms with Crippen LogP contribution in [-0.2, 0) is 0 Å². The van der Waals surface area contributed by atoms with Crippen molar-refractivity contribution < 1.29 is 0 Å². The third-order valence-electron chi connectivity index (χ3n) is 4.08. The largest absolute Gasteiger partial charge is 0.311 e. The highest BCUT2D eigenvalue weighted by Crippen LogP contribution is 2.37. The van der Waals surface area contributed by atoms with Crippen LogP contribution in [0.5, 0.6) is 0 Å². The maximum absolute atomic E-state index is 3.57. The van der Waals surface area contributed by atoms with Crippen molar-refractivity contribution in [3.8, 4) is 0 Å². The van der Waals surface area contributed by atoms with Gasteiger partial charge in [-0.05, 0) is 45.1 Å². The van der Waals surface area contributed by atoms with Gasteiger partial charge in [0.2, 0.25) is 0 Å². The average Bonchev–Trinajstić information content (AvgIpc) is 2.61. The molecule has 2 unspecified atom stereocenters. The minimum Gasteiger partial charge on any atom is -0.311 e. The van der Waals surface area contributed by atoms with Crippen LogP contribution in [0.4, 0.5) is 0 Å². The smallest absolute Gasteiger partial charge is 0.0252 e. The number of likely N-dealkylation sites (tertiary alicyclic amines) is 1. The Morgan fingerprint density at radius 3 is 2.33 bits per heavy atom. The lowest BCUT2D eigenvalue weighted by Gasteiger charge is -2.31. The fourth-order valence-corrected chi connectivity index (χ4v) is 3.55. The second-order valence-electron chi connectivity index (χ2n) is 6.06. The van der Waals surface area contributed by atoms with E-state index in [1.807, 2.05) is 0 Å². The number of nitrogens with zero attached hydrogens (tertiary/aromatic N) is 1. The molecule has 0 radical (unpaired) electrons. The zero-order valence-electron chi connectivity index (χ0n) is 10.6. The molecule has 0 aromatic carbocycles. The normalized spacial score (nSPS) is 32.2. The second-order valence-corrected chi connectivity index (χ2v) is 6.06. The van der Waals surface area contributed by atoms with Crippen molar-refractivity contribution in [1.29, 1.82) is 0 Å². The van der Waals surface area contributed by atoms with Crippen LogP contribution in [0.25, 0.3) is 0 Å². The minimum atomic E-state index is 0.285. The topological polar surface area (TPSA) is 15.3 Å². The number of rotatable bonds is 4. The molecule has 0 aromatic rings. The molecule has 15 heavy (non-hydrogen) atoms. The number of nitrogens with one attached hydrogen (secondary N) is 1. The maximum Gasteiger partial charge on any atom is 0.0252 e. The molecule has 1 saturated carbocycles. The summed E-state index contributed by atoms with van der Waals surface area (Å²) in [5.74, 6) is 2.06. The molecule has 1 aliphatic carbocycles. The molecule has 1 heterocycles. The van der Waals surface area contributed by atoms with Crippen molar-refractivity contribution in [1.82, 2.24) is 10.2 Å². The number of fused-ring (bicyclic) bond motifs is 1. The molecule has 2 nitrogen and oxygen atoms in total. The van der Waals surface area contributed by atoms with E-state index in [4.69, 9.17) is 0 Å². The lowest BCUT2D eigenvalue weighted by Crippen LogP contribution is -2.48. The zero-order valence-corrected chi connectivity index (χ0v) is 10.6. The number of hydrogen-bond donors (Lipinski definition) is 1. The van der Waals surface area contributed by atoms with E-state index >= 15 is 0 Å². The van der Waals surface area contributed by atoms with Crippen molar-refractivity contribution in [3.63, 3.8) is 0 Å². The van der Waals surface area contributed by atoms with Crippen molar-refractivity contribution >= 4 is 0 Å². The molecule has 2 fully saturated rings. The first-order valence-corrected chi connectivity index (χ1v) is 6.58. The number of hydrogen-bond acceptors (Lipinski definition) is 2. The molecule has 2 aliphatic rings. The van der Waals surface area contributed by atoms with Crippen molar-refractivity contribution in [2.24, 2.45) is 11.8 Å². The minimum absolute atomic E-state index is 0.285. The van der Waals surface area contributed by atoms with Gasteiger partial charge in [0.05, 0.1) is 0 Å². The van der Waals surface area contributed by atoms with Crippen LogP contribution in [0.15, 0.2) is 0 Å². The van der Waals surface area contributed by atoms with Gasteiger partial charge in [0.15, 0.2) is 0 Å².